The summed E-state index contributed by atoms with van der Waals surface area (Å²) in [5.74, 6) is 0. The molecule has 0 aliphatic rings. The zero-order chi connectivity index (χ0) is 19.2. The second kappa shape index (κ2) is 13.1. The molecule has 0 fully saturated rings. The van der Waals surface area contributed by atoms with Crippen LogP contribution in [-0.4, -0.2) is 24.4 Å². The molecule has 0 aromatic heterocycles. The van der Waals surface area contributed by atoms with E-state index in [1.807, 2.05) is 53.8 Å². The van der Waals surface area contributed by atoms with Gasteiger partial charge in [0, 0.05) is 17.3 Å². The zero-order valence-electron chi connectivity index (χ0n) is 15.9. The summed E-state index contributed by atoms with van der Waals surface area (Å²) in [5.41, 5.74) is 2.13. The van der Waals surface area contributed by atoms with E-state index in [1.165, 1.54) is 0 Å². The lowest BCUT2D eigenvalue weighted by Crippen LogP contribution is -2.09. The van der Waals surface area contributed by atoms with Gasteiger partial charge in [0.1, 0.15) is 7.11 Å². The van der Waals surface area contributed by atoms with Crippen molar-refractivity contribution in [2.75, 3.05) is 12.1 Å². The Morgan fingerprint density at radius 3 is 1.93 bits per heavy atom. The van der Waals surface area contributed by atoms with Crippen molar-refractivity contribution in [3.8, 4) is 0 Å². The number of nitrogens with zero attached hydrogens (tertiary/aromatic N) is 3. The van der Waals surface area contributed by atoms with Crippen LogP contribution in [0.5, 0.6) is 0 Å². The van der Waals surface area contributed by atoms with Gasteiger partial charge in [-0.2, -0.15) is 5.10 Å². The molecule has 2 aromatic rings. The van der Waals surface area contributed by atoms with Crippen LogP contribution in [-0.2, 0) is 4.84 Å². The summed E-state index contributed by atoms with van der Waals surface area (Å²) in [6.07, 6.45) is 10.3. The third-order valence-electron chi connectivity index (χ3n) is 4.08. The number of halogens is 1. The van der Waals surface area contributed by atoms with Crippen LogP contribution in [0, 0.1) is 0 Å². The lowest BCUT2D eigenvalue weighted by molar-refractivity contribution is 0.214. The minimum absolute atomic E-state index is 0.543. The highest BCUT2D eigenvalue weighted by molar-refractivity contribution is 9.09. The normalized spacial score (nSPS) is 12.5. The van der Waals surface area contributed by atoms with Gasteiger partial charge in [-0.05, 0) is 62.8 Å². The first kappa shape index (κ1) is 21.2. The van der Waals surface area contributed by atoms with E-state index in [1.54, 1.807) is 7.11 Å². The van der Waals surface area contributed by atoms with Gasteiger partial charge in [-0.3, -0.25) is 0 Å². The average Bonchev–Trinajstić information content (AvgIpc) is 2.72. The molecule has 0 saturated heterocycles. The Morgan fingerprint density at radius 2 is 1.41 bits per heavy atom. The smallest absolute Gasteiger partial charge is 0.106 e. The number of unbranched alkanes of at least 4 members (excludes halogenated alkanes) is 2. The Bertz CT molecular complexity index is 637. The Hall–Kier alpha value is -2.14. The molecule has 0 aliphatic carbocycles. The van der Waals surface area contributed by atoms with Crippen LogP contribution in [0.4, 0.5) is 11.4 Å². The van der Waals surface area contributed by atoms with Crippen molar-refractivity contribution in [1.29, 1.82) is 0 Å². The molecule has 0 amide bonds. The maximum absolute atomic E-state index is 4.72. The van der Waals surface area contributed by atoms with Gasteiger partial charge in [-0.1, -0.05) is 57.5 Å². The Labute approximate surface area is 171 Å². The van der Waals surface area contributed by atoms with Crippen molar-refractivity contribution < 1.29 is 4.84 Å². The Morgan fingerprint density at radius 1 is 0.889 bits per heavy atom. The van der Waals surface area contributed by atoms with Crippen molar-refractivity contribution in [2.45, 2.75) is 43.4 Å². The van der Waals surface area contributed by atoms with Gasteiger partial charge >= 0.3 is 0 Å². The first-order valence-electron chi connectivity index (χ1n) is 9.43. The molecule has 0 N–H and O–H groups in total. The highest BCUT2D eigenvalue weighted by Crippen LogP contribution is 2.25. The maximum Gasteiger partial charge on any atom is 0.106 e. The van der Waals surface area contributed by atoms with E-state index >= 15 is 0 Å². The SMILES string of the molecule is CO/N=C/CCCC(Br)CCC/C=N/N(c1ccccc1)c1ccccc1. The molecule has 0 saturated carbocycles. The summed E-state index contributed by atoms with van der Waals surface area (Å²) in [7, 11) is 1.57. The summed E-state index contributed by atoms with van der Waals surface area (Å²) in [5, 5.41) is 10.5. The maximum atomic E-state index is 4.72. The van der Waals surface area contributed by atoms with Gasteiger partial charge in [0.05, 0.1) is 11.4 Å². The van der Waals surface area contributed by atoms with E-state index in [0.29, 0.717) is 4.83 Å². The van der Waals surface area contributed by atoms with E-state index < -0.39 is 0 Å². The summed E-state index contributed by atoms with van der Waals surface area (Å²) in [4.78, 5) is 5.21. The summed E-state index contributed by atoms with van der Waals surface area (Å²) in [6, 6.07) is 20.5. The van der Waals surface area contributed by atoms with E-state index in [9.17, 15) is 0 Å². The Balaban J connectivity index is 1.79. The lowest BCUT2D eigenvalue weighted by atomic mass is 10.1. The van der Waals surface area contributed by atoms with E-state index in [4.69, 9.17) is 5.10 Å². The summed E-state index contributed by atoms with van der Waals surface area (Å²) in [6.45, 7) is 0. The molecule has 0 spiro atoms. The van der Waals surface area contributed by atoms with Crippen LogP contribution in [0.15, 0.2) is 70.9 Å². The molecule has 0 heterocycles. The second-order valence-electron chi connectivity index (χ2n) is 6.21. The molecule has 1 unspecified atom stereocenters. The number of hydrazone groups is 1. The van der Waals surface area contributed by atoms with Crippen molar-refractivity contribution >= 4 is 39.7 Å². The molecule has 0 radical (unpaired) electrons. The molecular weight excluding hydrogens is 402 g/mol. The molecule has 144 valence electrons. The number of benzene rings is 2. The fraction of sp³-hybridized carbons (Fsp3) is 0.364. The second-order valence-corrected chi connectivity index (χ2v) is 7.51. The van der Waals surface area contributed by atoms with Crippen LogP contribution in [0.3, 0.4) is 0 Å². The minimum Gasteiger partial charge on any atom is -0.399 e. The van der Waals surface area contributed by atoms with Gasteiger partial charge in [-0.15, -0.1) is 0 Å². The highest BCUT2D eigenvalue weighted by Gasteiger charge is 2.06. The molecule has 0 aliphatic heterocycles. The quantitative estimate of drug-likeness (QED) is 0.166. The molecule has 27 heavy (non-hydrogen) atoms. The third-order valence-corrected chi connectivity index (χ3v) is 5.00. The fourth-order valence-electron chi connectivity index (χ4n) is 2.69. The number of para-hydroxylation sites is 2. The fourth-order valence-corrected chi connectivity index (χ4v) is 3.34. The van der Waals surface area contributed by atoms with Crippen molar-refractivity contribution in [3.05, 3.63) is 60.7 Å². The number of hydrogen-bond acceptors (Lipinski definition) is 4. The number of oxime groups is 1. The van der Waals surface area contributed by atoms with Crippen molar-refractivity contribution in [3.63, 3.8) is 0 Å². The molecule has 0 bridgehead atoms. The average molecular weight is 430 g/mol. The number of hydrogen-bond donors (Lipinski definition) is 0. The van der Waals surface area contributed by atoms with E-state index in [-0.39, 0.29) is 0 Å². The van der Waals surface area contributed by atoms with E-state index in [2.05, 4.69) is 50.2 Å². The number of anilines is 2. The van der Waals surface area contributed by atoms with Crippen LogP contribution in [0.1, 0.15) is 38.5 Å². The molecular formula is C22H28BrN3O. The van der Waals surface area contributed by atoms with Crippen molar-refractivity contribution in [2.24, 2.45) is 10.3 Å². The molecule has 1 atom stereocenters. The summed E-state index contributed by atoms with van der Waals surface area (Å²) < 4.78 is 0. The van der Waals surface area contributed by atoms with Gasteiger partial charge in [-0.25, -0.2) is 5.01 Å². The van der Waals surface area contributed by atoms with Gasteiger partial charge in [0.2, 0.25) is 0 Å². The zero-order valence-corrected chi connectivity index (χ0v) is 17.5. The topological polar surface area (TPSA) is 37.2 Å². The van der Waals surface area contributed by atoms with Gasteiger partial charge < -0.3 is 4.84 Å². The Kier molecular flexibility index (Phi) is 10.3. The number of alkyl halides is 1. The van der Waals surface area contributed by atoms with Crippen LogP contribution in [0.2, 0.25) is 0 Å². The molecule has 2 rings (SSSR count). The lowest BCUT2D eigenvalue weighted by Gasteiger charge is -2.19. The van der Waals surface area contributed by atoms with Gasteiger partial charge in [0.15, 0.2) is 0 Å². The summed E-state index contributed by atoms with van der Waals surface area (Å²) >= 11 is 3.77. The first-order valence-corrected chi connectivity index (χ1v) is 10.3. The van der Waals surface area contributed by atoms with Crippen molar-refractivity contribution in [1.82, 2.24) is 0 Å². The minimum atomic E-state index is 0.543. The first-order chi connectivity index (χ1) is 13.3. The highest BCUT2D eigenvalue weighted by atomic mass is 79.9. The third kappa shape index (κ3) is 8.39. The molecule has 4 nitrogen and oxygen atoms in total. The molecule has 5 heteroatoms. The van der Waals surface area contributed by atoms with Gasteiger partial charge in [0.25, 0.3) is 0 Å². The number of rotatable bonds is 12. The predicted molar refractivity (Wildman–Crippen MR) is 119 cm³/mol. The monoisotopic (exact) mass is 429 g/mol. The largest absolute Gasteiger partial charge is 0.399 e. The van der Waals surface area contributed by atoms with E-state index in [0.717, 1.165) is 49.9 Å². The predicted octanol–water partition coefficient (Wildman–Crippen LogP) is 6.55. The molecule has 2 aromatic carbocycles. The van der Waals surface area contributed by atoms with Crippen LogP contribution in [0.25, 0.3) is 0 Å². The standard InChI is InChI=1S/C22H28BrN3O/c1-27-25-19-11-9-13-20(23)12-8-10-18-24-26(21-14-4-2-5-15-21)22-16-6-3-7-17-22/h2-7,14-20H,8-13H2,1H3/b24-18+,25-19+. The van der Waals surface area contributed by atoms with Crippen LogP contribution < -0.4 is 5.01 Å². The van der Waals surface area contributed by atoms with Crippen LogP contribution >= 0.6 is 15.9 Å².